The van der Waals surface area contributed by atoms with E-state index < -0.39 is 0 Å². The van der Waals surface area contributed by atoms with Crippen molar-refractivity contribution in [3.8, 4) is 5.88 Å². The first-order chi connectivity index (χ1) is 8.61. The highest BCUT2D eigenvalue weighted by Crippen LogP contribution is 2.23. The zero-order valence-electron chi connectivity index (χ0n) is 10.8. The molecule has 0 spiro atoms. The standard InChI is InChI=1S/C14H17N3O/c1-9-4-5-11(10(2)6-9)14(15)12-7-13(18-3)17-8-16-12/h4-8,14H,15H2,1-3H3. The number of aromatic nitrogens is 2. The molecular formula is C14H17N3O. The lowest BCUT2D eigenvalue weighted by molar-refractivity contribution is 0.395. The van der Waals surface area contributed by atoms with Crippen LogP contribution < -0.4 is 10.5 Å². The van der Waals surface area contributed by atoms with Crippen LogP contribution in [0.3, 0.4) is 0 Å². The highest BCUT2D eigenvalue weighted by Gasteiger charge is 2.13. The zero-order chi connectivity index (χ0) is 13.1. The largest absolute Gasteiger partial charge is 0.481 e. The molecule has 0 bridgehead atoms. The van der Waals surface area contributed by atoms with E-state index in [1.54, 1.807) is 13.2 Å². The van der Waals surface area contributed by atoms with Crippen LogP contribution in [0.1, 0.15) is 28.4 Å². The number of nitrogens with two attached hydrogens (primary N) is 1. The van der Waals surface area contributed by atoms with Crippen LogP contribution in [0.25, 0.3) is 0 Å². The van der Waals surface area contributed by atoms with Crippen molar-refractivity contribution in [2.75, 3.05) is 7.11 Å². The first kappa shape index (κ1) is 12.5. The molecule has 0 aliphatic heterocycles. The van der Waals surface area contributed by atoms with Gasteiger partial charge < -0.3 is 10.5 Å². The van der Waals surface area contributed by atoms with E-state index in [1.165, 1.54) is 17.5 Å². The van der Waals surface area contributed by atoms with Crippen molar-refractivity contribution in [3.05, 3.63) is 53.0 Å². The van der Waals surface area contributed by atoms with Crippen LogP contribution in [0.4, 0.5) is 0 Å². The Labute approximate surface area is 107 Å². The van der Waals surface area contributed by atoms with Gasteiger partial charge in [-0.05, 0) is 25.0 Å². The molecule has 0 aliphatic rings. The topological polar surface area (TPSA) is 61.0 Å². The highest BCUT2D eigenvalue weighted by atomic mass is 16.5. The Morgan fingerprint density at radius 1 is 1.17 bits per heavy atom. The van der Waals surface area contributed by atoms with Crippen LogP contribution >= 0.6 is 0 Å². The Balaban J connectivity index is 2.37. The van der Waals surface area contributed by atoms with Gasteiger partial charge in [0.1, 0.15) is 6.33 Å². The Bertz CT molecular complexity index is 554. The molecule has 0 amide bonds. The van der Waals surface area contributed by atoms with Gasteiger partial charge in [0.25, 0.3) is 0 Å². The number of rotatable bonds is 3. The van der Waals surface area contributed by atoms with Crippen molar-refractivity contribution in [1.82, 2.24) is 9.97 Å². The van der Waals surface area contributed by atoms with Crippen molar-refractivity contribution in [2.45, 2.75) is 19.9 Å². The molecule has 0 radical (unpaired) electrons. The van der Waals surface area contributed by atoms with E-state index >= 15 is 0 Å². The van der Waals surface area contributed by atoms with Crippen LogP contribution in [0.2, 0.25) is 0 Å². The molecule has 0 aliphatic carbocycles. The summed E-state index contributed by atoms with van der Waals surface area (Å²) in [5.41, 5.74) is 10.5. The monoisotopic (exact) mass is 243 g/mol. The average molecular weight is 243 g/mol. The summed E-state index contributed by atoms with van der Waals surface area (Å²) >= 11 is 0. The fraction of sp³-hybridized carbons (Fsp3) is 0.286. The maximum atomic E-state index is 6.24. The van der Waals surface area contributed by atoms with Gasteiger partial charge in [-0.2, -0.15) is 0 Å². The summed E-state index contributed by atoms with van der Waals surface area (Å²) < 4.78 is 5.08. The molecule has 4 nitrogen and oxygen atoms in total. The second kappa shape index (κ2) is 5.14. The molecule has 1 heterocycles. The van der Waals surface area contributed by atoms with E-state index in [1.807, 2.05) is 6.07 Å². The Hall–Kier alpha value is -1.94. The second-order valence-corrected chi connectivity index (χ2v) is 4.32. The van der Waals surface area contributed by atoms with E-state index in [0.29, 0.717) is 5.88 Å². The molecule has 0 fully saturated rings. The van der Waals surface area contributed by atoms with Crippen molar-refractivity contribution in [2.24, 2.45) is 5.73 Å². The first-order valence-electron chi connectivity index (χ1n) is 5.80. The number of hydrogen-bond acceptors (Lipinski definition) is 4. The van der Waals surface area contributed by atoms with E-state index in [2.05, 4.69) is 35.9 Å². The van der Waals surface area contributed by atoms with Gasteiger partial charge in [0.05, 0.1) is 18.8 Å². The molecule has 4 heteroatoms. The van der Waals surface area contributed by atoms with Crippen molar-refractivity contribution < 1.29 is 4.74 Å². The van der Waals surface area contributed by atoms with Gasteiger partial charge in [0.15, 0.2) is 0 Å². The lowest BCUT2D eigenvalue weighted by atomic mass is 9.97. The molecule has 2 N–H and O–H groups in total. The number of aryl methyl sites for hydroxylation is 2. The predicted octanol–water partition coefficient (Wildman–Crippen LogP) is 2.15. The highest BCUT2D eigenvalue weighted by molar-refractivity contribution is 5.37. The Morgan fingerprint density at radius 3 is 2.61 bits per heavy atom. The summed E-state index contributed by atoms with van der Waals surface area (Å²) in [5.74, 6) is 0.528. The quantitative estimate of drug-likeness (QED) is 0.897. The lowest BCUT2D eigenvalue weighted by Crippen LogP contribution is -2.15. The van der Waals surface area contributed by atoms with Gasteiger partial charge in [-0.1, -0.05) is 23.8 Å². The van der Waals surface area contributed by atoms with Gasteiger partial charge in [0.2, 0.25) is 5.88 Å². The van der Waals surface area contributed by atoms with Crippen molar-refractivity contribution >= 4 is 0 Å². The number of benzene rings is 1. The third kappa shape index (κ3) is 2.49. The zero-order valence-corrected chi connectivity index (χ0v) is 10.8. The van der Waals surface area contributed by atoms with Crippen LogP contribution in [0.15, 0.2) is 30.6 Å². The van der Waals surface area contributed by atoms with Crippen LogP contribution in [-0.4, -0.2) is 17.1 Å². The third-order valence-corrected chi connectivity index (χ3v) is 2.95. The molecule has 2 rings (SSSR count). The Kier molecular flexibility index (Phi) is 3.58. The minimum atomic E-state index is -0.262. The molecule has 1 aromatic carbocycles. The maximum absolute atomic E-state index is 6.24. The van der Waals surface area contributed by atoms with Crippen molar-refractivity contribution in [1.29, 1.82) is 0 Å². The average Bonchev–Trinajstić information content (AvgIpc) is 2.38. The molecule has 2 aromatic rings. The van der Waals surface area contributed by atoms with Gasteiger partial charge in [-0.3, -0.25) is 0 Å². The number of ether oxygens (including phenoxy) is 1. The maximum Gasteiger partial charge on any atom is 0.216 e. The van der Waals surface area contributed by atoms with Crippen LogP contribution in [0, 0.1) is 13.8 Å². The van der Waals surface area contributed by atoms with Crippen LogP contribution in [-0.2, 0) is 0 Å². The van der Waals surface area contributed by atoms with Gasteiger partial charge >= 0.3 is 0 Å². The van der Waals surface area contributed by atoms with Gasteiger partial charge in [-0.25, -0.2) is 9.97 Å². The summed E-state index contributed by atoms with van der Waals surface area (Å²) in [6, 6.07) is 7.73. The lowest BCUT2D eigenvalue weighted by Gasteiger charge is -2.15. The molecule has 1 aromatic heterocycles. The first-order valence-corrected chi connectivity index (χ1v) is 5.80. The van der Waals surface area contributed by atoms with E-state index in [4.69, 9.17) is 10.5 Å². The normalized spacial score (nSPS) is 12.2. The SMILES string of the molecule is COc1cc(C(N)c2ccc(C)cc2C)ncn1. The number of methoxy groups -OCH3 is 1. The van der Waals surface area contributed by atoms with Crippen molar-refractivity contribution in [3.63, 3.8) is 0 Å². The summed E-state index contributed by atoms with van der Waals surface area (Å²) in [6.45, 7) is 4.12. The smallest absolute Gasteiger partial charge is 0.216 e. The minimum absolute atomic E-state index is 0.262. The number of nitrogens with zero attached hydrogens (tertiary/aromatic N) is 2. The van der Waals surface area contributed by atoms with Crippen LogP contribution in [0.5, 0.6) is 5.88 Å². The van der Waals surface area contributed by atoms with E-state index in [9.17, 15) is 0 Å². The van der Waals surface area contributed by atoms with Gasteiger partial charge in [-0.15, -0.1) is 0 Å². The van der Waals surface area contributed by atoms with Gasteiger partial charge in [0, 0.05) is 6.07 Å². The molecule has 1 atom stereocenters. The minimum Gasteiger partial charge on any atom is -0.481 e. The van der Waals surface area contributed by atoms with E-state index in [0.717, 1.165) is 11.3 Å². The number of hydrogen-bond donors (Lipinski definition) is 1. The summed E-state index contributed by atoms with van der Waals surface area (Å²) in [5, 5.41) is 0. The summed E-state index contributed by atoms with van der Waals surface area (Å²) in [4.78, 5) is 8.19. The summed E-state index contributed by atoms with van der Waals surface area (Å²) in [6.07, 6.45) is 1.47. The molecule has 18 heavy (non-hydrogen) atoms. The molecule has 0 saturated carbocycles. The molecule has 94 valence electrons. The Morgan fingerprint density at radius 2 is 1.94 bits per heavy atom. The second-order valence-electron chi connectivity index (χ2n) is 4.32. The summed E-state index contributed by atoms with van der Waals surface area (Å²) in [7, 11) is 1.58. The fourth-order valence-corrected chi connectivity index (χ4v) is 1.97. The third-order valence-electron chi connectivity index (χ3n) is 2.95. The van der Waals surface area contributed by atoms with E-state index in [-0.39, 0.29) is 6.04 Å². The fourth-order valence-electron chi connectivity index (χ4n) is 1.97. The molecule has 0 saturated heterocycles. The predicted molar refractivity (Wildman–Crippen MR) is 70.5 cm³/mol. The molecule has 1 unspecified atom stereocenters. The molecular weight excluding hydrogens is 226 g/mol.